The summed E-state index contributed by atoms with van der Waals surface area (Å²) < 4.78 is 7.45. The van der Waals surface area contributed by atoms with E-state index in [9.17, 15) is 4.79 Å². The molecule has 0 spiro atoms. The minimum absolute atomic E-state index is 0.0264. The number of hydrogen-bond acceptors (Lipinski definition) is 5. The minimum Gasteiger partial charge on any atom is -0.469 e. The van der Waals surface area contributed by atoms with Gasteiger partial charge in [0, 0.05) is 12.2 Å². The van der Waals surface area contributed by atoms with Crippen LogP contribution in [0.5, 0.6) is 0 Å². The van der Waals surface area contributed by atoms with Gasteiger partial charge < -0.3 is 9.73 Å². The molecule has 1 N–H and O–H groups in total. The summed E-state index contributed by atoms with van der Waals surface area (Å²) in [5.41, 5.74) is 3.01. The molecule has 0 radical (unpaired) electrons. The predicted molar refractivity (Wildman–Crippen MR) is 127 cm³/mol. The fraction of sp³-hybridized carbons (Fsp3) is 0.240. The Labute approximate surface area is 192 Å². The van der Waals surface area contributed by atoms with E-state index in [1.54, 1.807) is 6.26 Å². The molecular formula is C25H26N4O2S. The van der Waals surface area contributed by atoms with Crippen molar-refractivity contribution in [2.75, 3.05) is 6.54 Å². The van der Waals surface area contributed by atoms with Gasteiger partial charge in [-0.1, -0.05) is 67.2 Å². The Balaban J connectivity index is 1.52. The molecular weight excluding hydrogens is 420 g/mol. The lowest BCUT2D eigenvalue weighted by Gasteiger charge is -2.16. The van der Waals surface area contributed by atoms with Crippen molar-refractivity contribution < 1.29 is 9.21 Å². The zero-order valence-electron chi connectivity index (χ0n) is 18.4. The number of thioether (sulfide) groups is 1. The topological polar surface area (TPSA) is 72.9 Å². The molecule has 6 nitrogen and oxygen atoms in total. The number of hydrogen-bond donors (Lipinski definition) is 1. The third kappa shape index (κ3) is 4.78. The zero-order chi connectivity index (χ0) is 22.5. The average Bonchev–Trinajstić information content (AvgIpc) is 3.43. The van der Waals surface area contributed by atoms with Crippen LogP contribution in [-0.4, -0.2) is 32.5 Å². The first kappa shape index (κ1) is 21.9. The van der Waals surface area contributed by atoms with Crippen molar-refractivity contribution in [2.45, 2.75) is 37.1 Å². The fourth-order valence-corrected chi connectivity index (χ4v) is 4.35. The van der Waals surface area contributed by atoms with Crippen LogP contribution in [0.15, 0.2) is 82.6 Å². The molecule has 2 unspecified atom stereocenters. The maximum atomic E-state index is 12.8. The lowest BCUT2D eigenvalue weighted by Crippen LogP contribution is -2.33. The van der Waals surface area contributed by atoms with Crippen molar-refractivity contribution >= 4 is 17.7 Å². The van der Waals surface area contributed by atoms with Gasteiger partial charge in [0.25, 0.3) is 0 Å². The Kier molecular flexibility index (Phi) is 6.75. The molecule has 0 aliphatic heterocycles. The minimum atomic E-state index is -0.331. The zero-order valence-corrected chi connectivity index (χ0v) is 19.2. The van der Waals surface area contributed by atoms with Crippen LogP contribution in [0.3, 0.4) is 0 Å². The smallest absolute Gasteiger partial charge is 0.233 e. The monoisotopic (exact) mass is 446 g/mol. The molecule has 4 aromatic rings. The van der Waals surface area contributed by atoms with Crippen molar-refractivity contribution in [1.82, 2.24) is 20.1 Å². The van der Waals surface area contributed by atoms with Crippen molar-refractivity contribution in [3.05, 3.63) is 84.3 Å². The average molecular weight is 447 g/mol. The molecule has 0 bridgehead atoms. The number of rotatable bonds is 8. The van der Waals surface area contributed by atoms with Crippen LogP contribution in [0.2, 0.25) is 0 Å². The Bertz CT molecular complexity index is 1170. The van der Waals surface area contributed by atoms with Gasteiger partial charge in [0.05, 0.1) is 17.1 Å². The molecule has 2 atom stereocenters. The third-order valence-electron chi connectivity index (χ3n) is 5.35. The highest BCUT2D eigenvalue weighted by atomic mass is 32.2. The summed E-state index contributed by atoms with van der Waals surface area (Å²) in [6.45, 7) is 6.48. The van der Waals surface area contributed by atoms with Gasteiger partial charge >= 0.3 is 0 Å². The molecule has 0 saturated carbocycles. The van der Waals surface area contributed by atoms with Crippen LogP contribution in [0.25, 0.3) is 17.1 Å². The van der Waals surface area contributed by atoms with E-state index in [0.29, 0.717) is 17.5 Å². The number of nitrogens with zero attached hydrogens (tertiary/aromatic N) is 3. The Morgan fingerprint density at radius 2 is 1.72 bits per heavy atom. The molecule has 0 fully saturated rings. The predicted octanol–water partition coefficient (Wildman–Crippen LogP) is 5.24. The van der Waals surface area contributed by atoms with Crippen LogP contribution < -0.4 is 5.32 Å². The second-order valence-electron chi connectivity index (χ2n) is 7.68. The van der Waals surface area contributed by atoms with E-state index in [1.165, 1.54) is 17.3 Å². The van der Waals surface area contributed by atoms with Crippen molar-refractivity contribution in [2.24, 2.45) is 0 Å². The molecule has 7 heteroatoms. The lowest BCUT2D eigenvalue weighted by molar-refractivity contribution is -0.120. The van der Waals surface area contributed by atoms with Gasteiger partial charge in [-0.25, -0.2) is 0 Å². The molecule has 2 heterocycles. The summed E-state index contributed by atoms with van der Waals surface area (Å²) in [5.74, 6) is 1.67. The highest BCUT2D eigenvalue weighted by Crippen LogP contribution is 2.31. The number of para-hydroxylation sites is 1. The van der Waals surface area contributed by atoms with E-state index in [1.807, 2.05) is 73.0 Å². The maximum Gasteiger partial charge on any atom is 0.233 e. The number of nitrogens with one attached hydrogen (secondary N) is 1. The van der Waals surface area contributed by atoms with Gasteiger partial charge in [-0.05, 0) is 43.5 Å². The SMILES string of the molecule is Cc1occc1-c1nnc(SC(C)C(=O)NCC(C)c2ccccc2)n1-c1ccccc1. The Morgan fingerprint density at radius 1 is 1.03 bits per heavy atom. The molecule has 2 aromatic carbocycles. The molecule has 164 valence electrons. The van der Waals surface area contributed by atoms with Crippen LogP contribution in [0.4, 0.5) is 0 Å². The number of benzene rings is 2. The van der Waals surface area contributed by atoms with Crippen molar-refractivity contribution in [3.8, 4) is 17.1 Å². The quantitative estimate of drug-likeness (QED) is 0.375. The second-order valence-corrected chi connectivity index (χ2v) is 8.99. The third-order valence-corrected chi connectivity index (χ3v) is 6.39. The number of carbonyl (C=O) groups excluding carboxylic acids is 1. The molecule has 0 saturated heterocycles. The van der Waals surface area contributed by atoms with Crippen LogP contribution in [0, 0.1) is 6.92 Å². The highest BCUT2D eigenvalue weighted by molar-refractivity contribution is 8.00. The van der Waals surface area contributed by atoms with Crippen LogP contribution >= 0.6 is 11.8 Å². The van der Waals surface area contributed by atoms with Crippen LogP contribution in [0.1, 0.15) is 31.1 Å². The first-order valence-corrected chi connectivity index (χ1v) is 11.5. The standard InChI is InChI=1S/C25H26N4O2S/c1-17(20-10-6-4-7-11-20)16-26-24(30)19(3)32-25-28-27-23(22-14-15-31-18(22)2)29(25)21-12-8-5-9-13-21/h4-15,17,19H,16H2,1-3H3,(H,26,30). The number of aromatic nitrogens is 3. The number of aryl methyl sites for hydroxylation is 1. The van der Waals surface area contributed by atoms with E-state index >= 15 is 0 Å². The van der Waals surface area contributed by atoms with E-state index in [2.05, 4.69) is 34.6 Å². The Morgan fingerprint density at radius 3 is 2.38 bits per heavy atom. The summed E-state index contributed by atoms with van der Waals surface area (Å²) >= 11 is 1.39. The normalized spacial score (nSPS) is 13.0. The van der Waals surface area contributed by atoms with Gasteiger partial charge in [-0.2, -0.15) is 0 Å². The Hall–Kier alpha value is -3.32. The van der Waals surface area contributed by atoms with Gasteiger partial charge in [-0.3, -0.25) is 9.36 Å². The fourth-order valence-electron chi connectivity index (χ4n) is 3.46. The van der Waals surface area contributed by atoms with Crippen LogP contribution in [-0.2, 0) is 4.79 Å². The summed E-state index contributed by atoms with van der Waals surface area (Å²) in [6, 6.07) is 22.0. The van der Waals surface area contributed by atoms with Crippen molar-refractivity contribution in [1.29, 1.82) is 0 Å². The van der Waals surface area contributed by atoms with Crippen molar-refractivity contribution in [3.63, 3.8) is 0 Å². The number of amides is 1. The molecule has 2 aromatic heterocycles. The first-order chi connectivity index (χ1) is 15.5. The summed E-state index contributed by atoms with van der Waals surface area (Å²) in [7, 11) is 0. The van der Waals surface area contributed by atoms with E-state index in [0.717, 1.165) is 17.0 Å². The van der Waals surface area contributed by atoms with Gasteiger partial charge in [0.15, 0.2) is 11.0 Å². The van der Waals surface area contributed by atoms with E-state index in [4.69, 9.17) is 4.42 Å². The summed E-state index contributed by atoms with van der Waals surface area (Å²) in [4.78, 5) is 12.8. The summed E-state index contributed by atoms with van der Waals surface area (Å²) in [6.07, 6.45) is 1.64. The van der Waals surface area contributed by atoms with Gasteiger partial charge in [0.2, 0.25) is 5.91 Å². The number of carbonyl (C=O) groups is 1. The second kappa shape index (κ2) is 9.87. The molecule has 32 heavy (non-hydrogen) atoms. The van der Waals surface area contributed by atoms with E-state index in [-0.39, 0.29) is 17.1 Å². The molecule has 0 aliphatic rings. The molecule has 4 rings (SSSR count). The lowest BCUT2D eigenvalue weighted by atomic mass is 10.0. The maximum absolute atomic E-state index is 12.8. The first-order valence-electron chi connectivity index (χ1n) is 10.6. The van der Waals surface area contributed by atoms with E-state index < -0.39 is 0 Å². The highest BCUT2D eigenvalue weighted by Gasteiger charge is 2.23. The molecule has 1 amide bonds. The largest absolute Gasteiger partial charge is 0.469 e. The summed E-state index contributed by atoms with van der Waals surface area (Å²) in [5, 5.41) is 12.2. The number of furan rings is 1. The van der Waals surface area contributed by atoms with Gasteiger partial charge in [0.1, 0.15) is 5.76 Å². The molecule has 0 aliphatic carbocycles. The van der Waals surface area contributed by atoms with Gasteiger partial charge in [-0.15, -0.1) is 10.2 Å².